The lowest BCUT2D eigenvalue weighted by atomic mass is 10.1. The highest BCUT2D eigenvalue weighted by Crippen LogP contribution is 2.28. The molecule has 8 nitrogen and oxygen atoms in total. The molecule has 0 saturated heterocycles. The van der Waals surface area contributed by atoms with Crippen LogP contribution in [0.25, 0.3) is 11.4 Å². The molecule has 2 heterocycles. The zero-order valence-electron chi connectivity index (χ0n) is 14.0. The maximum absolute atomic E-state index is 12.1. The van der Waals surface area contributed by atoms with Gasteiger partial charge in [0.1, 0.15) is 6.54 Å². The van der Waals surface area contributed by atoms with E-state index in [-0.39, 0.29) is 24.6 Å². The molecule has 8 heteroatoms. The first kappa shape index (κ1) is 16.6. The van der Waals surface area contributed by atoms with Crippen LogP contribution in [0.15, 0.2) is 59.1 Å². The Bertz CT molecular complexity index is 1030. The molecule has 0 atom stereocenters. The summed E-state index contributed by atoms with van der Waals surface area (Å²) < 4.78 is 10.2. The van der Waals surface area contributed by atoms with Crippen LogP contribution in [0.5, 0.6) is 0 Å². The first-order valence-corrected chi connectivity index (χ1v) is 8.12. The van der Waals surface area contributed by atoms with Crippen LogP contribution in [0.2, 0.25) is 0 Å². The molecule has 0 bridgehead atoms. The van der Waals surface area contributed by atoms with Crippen molar-refractivity contribution in [1.29, 1.82) is 0 Å². The van der Waals surface area contributed by atoms with E-state index in [9.17, 15) is 14.4 Å². The van der Waals surface area contributed by atoms with Crippen LogP contribution in [-0.2, 0) is 20.9 Å². The van der Waals surface area contributed by atoms with Crippen LogP contribution in [0.3, 0.4) is 0 Å². The highest BCUT2D eigenvalue weighted by atomic mass is 16.6. The van der Waals surface area contributed by atoms with Crippen molar-refractivity contribution in [3.63, 3.8) is 0 Å². The number of carbonyl (C=O) groups excluding carboxylic acids is 3. The first-order valence-electron chi connectivity index (χ1n) is 8.12. The first-order chi connectivity index (χ1) is 13.1. The lowest BCUT2D eigenvalue weighted by Crippen LogP contribution is -2.35. The molecular formula is C19H13N3O5. The predicted octanol–water partition coefficient (Wildman–Crippen LogP) is 2.01. The van der Waals surface area contributed by atoms with Crippen LogP contribution in [0.1, 0.15) is 16.2 Å². The van der Waals surface area contributed by atoms with Crippen molar-refractivity contribution >= 4 is 23.3 Å². The zero-order valence-corrected chi connectivity index (χ0v) is 14.0. The molecule has 0 N–H and O–H groups in total. The molecule has 3 aromatic rings. The second-order valence-corrected chi connectivity index (χ2v) is 5.78. The average molecular weight is 363 g/mol. The van der Waals surface area contributed by atoms with Gasteiger partial charge in [-0.05, 0) is 12.1 Å². The summed E-state index contributed by atoms with van der Waals surface area (Å²) in [6.45, 7) is -0.600. The molecule has 2 aromatic carbocycles. The van der Waals surface area contributed by atoms with Gasteiger partial charge in [0.25, 0.3) is 17.6 Å². The SMILES string of the molecule is O=C(CN1C(=O)C(=O)c2ccccc21)OCc1nc(-c2ccccc2)no1. The van der Waals surface area contributed by atoms with E-state index >= 15 is 0 Å². The molecular weight excluding hydrogens is 350 g/mol. The predicted molar refractivity (Wildman–Crippen MR) is 92.7 cm³/mol. The summed E-state index contributed by atoms with van der Waals surface area (Å²) in [6, 6.07) is 15.7. The number of carbonyl (C=O) groups is 3. The van der Waals surface area contributed by atoms with Crippen molar-refractivity contribution < 1.29 is 23.6 Å². The number of hydrogen-bond donors (Lipinski definition) is 0. The summed E-state index contributed by atoms with van der Waals surface area (Å²) in [7, 11) is 0. The highest BCUT2D eigenvalue weighted by Gasteiger charge is 2.36. The van der Waals surface area contributed by atoms with E-state index in [1.165, 1.54) is 0 Å². The van der Waals surface area contributed by atoms with Crippen LogP contribution >= 0.6 is 0 Å². The lowest BCUT2D eigenvalue weighted by Gasteiger charge is -2.14. The van der Waals surface area contributed by atoms with Gasteiger partial charge >= 0.3 is 5.97 Å². The molecule has 0 spiro atoms. The van der Waals surface area contributed by atoms with Crippen LogP contribution in [-0.4, -0.2) is 34.3 Å². The van der Waals surface area contributed by atoms with E-state index in [1.807, 2.05) is 30.3 Å². The molecule has 0 radical (unpaired) electrons. The van der Waals surface area contributed by atoms with Crippen molar-refractivity contribution in [3.05, 3.63) is 66.1 Å². The number of nitrogens with zero attached hydrogens (tertiary/aromatic N) is 3. The van der Waals surface area contributed by atoms with Gasteiger partial charge in [0, 0.05) is 5.56 Å². The molecule has 0 aliphatic carbocycles. The molecule has 27 heavy (non-hydrogen) atoms. The molecule has 1 aliphatic heterocycles. The van der Waals surface area contributed by atoms with E-state index in [4.69, 9.17) is 9.26 Å². The van der Waals surface area contributed by atoms with Gasteiger partial charge in [-0.25, -0.2) is 0 Å². The molecule has 0 unspecified atom stereocenters. The quantitative estimate of drug-likeness (QED) is 0.504. The van der Waals surface area contributed by atoms with Crippen LogP contribution in [0.4, 0.5) is 5.69 Å². The van der Waals surface area contributed by atoms with Crippen molar-refractivity contribution in [3.8, 4) is 11.4 Å². The Morgan fingerprint density at radius 1 is 1.04 bits per heavy atom. The van der Waals surface area contributed by atoms with Crippen molar-refractivity contribution in [1.82, 2.24) is 10.1 Å². The van der Waals surface area contributed by atoms with Gasteiger partial charge in [0.2, 0.25) is 5.82 Å². The number of ketones is 1. The fourth-order valence-corrected chi connectivity index (χ4v) is 2.74. The zero-order chi connectivity index (χ0) is 18.8. The number of aromatic nitrogens is 2. The average Bonchev–Trinajstić information content (AvgIpc) is 3.27. The van der Waals surface area contributed by atoms with Crippen LogP contribution < -0.4 is 4.90 Å². The highest BCUT2D eigenvalue weighted by molar-refractivity contribution is 6.52. The van der Waals surface area contributed by atoms with Crippen LogP contribution in [0, 0.1) is 0 Å². The monoisotopic (exact) mass is 363 g/mol. The third-order valence-corrected chi connectivity index (χ3v) is 4.02. The number of ether oxygens (including phenoxy) is 1. The van der Waals surface area contributed by atoms with Gasteiger partial charge < -0.3 is 9.26 Å². The standard InChI is InChI=1S/C19H13N3O5/c23-16(10-22-14-9-5-4-8-13(14)17(24)19(22)25)26-11-15-20-18(21-27-15)12-6-2-1-3-7-12/h1-9H,10-11H2. The Kier molecular flexibility index (Phi) is 4.21. The Morgan fingerprint density at radius 2 is 1.78 bits per heavy atom. The van der Waals surface area contributed by atoms with E-state index in [0.717, 1.165) is 10.5 Å². The number of rotatable bonds is 5. The van der Waals surface area contributed by atoms with Gasteiger partial charge in [-0.2, -0.15) is 4.98 Å². The van der Waals surface area contributed by atoms with E-state index in [1.54, 1.807) is 24.3 Å². The number of para-hydroxylation sites is 1. The summed E-state index contributed by atoms with van der Waals surface area (Å²) >= 11 is 0. The molecule has 0 fully saturated rings. The maximum Gasteiger partial charge on any atom is 0.326 e. The van der Waals surface area contributed by atoms with Gasteiger partial charge in [-0.3, -0.25) is 19.3 Å². The fourth-order valence-electron chi connectivity index (χ4n) is 2.74. The number of amides is 1. The third-order valence-electron chi connectivity index (χ3n) is 4.02. The Hall–Kier alpha value is -3.81. The summed E-state index contributed by atoms with van der Waals surface area (Å²) in [4.78, 5) is 41.3. The summed E-state index contributed by atoms with van der Waals surface area (Å²) in [6.07, 6.45) is 0. The number of benzene rings is 2. The minimum atomic E-state index is -0.752. The van der Waals surface area contributed by atoms with E-state index in [0.29, 0.717) is 11.5 Å². The Balaban J connectivity index is 1.39. The second kappa shape index (κ2) is 6.83. The number of fused-ring (bicyclic) bond motifs is 1. The lowest BCUT2D eigenvalue weighted by molar-refractivity contribution is -0.144. The normalized spacial score (nSPS) is 13.0. The molecule has 134 valence electrons. The summed E-state index contributed by atoms with van der Waals surface area (Å²) in [5.74, 6) is -1.56. The third kappa shape index (κ3) is 3.20. The van der Waals surface area contributed by atoms with Gasteiger partial charge in [0.05, 0.1) is 11.3 Å². The molecule has 1 aliphatic rings. The Morgan fingerprint density at radius 3 is 2.59 bits per heavy atom. The minimum absolute atomic E-state index is 0.131. The van der Waals surface area contributed by atoms with Crippen molar-refractivity contribution in [2.75, 3.05) is 11.4 Å². The maximum atomic E-state index is 12.1. The second-order valence-electron chi connectivity index (χ2n) is 5.78. The summed E-state index contributed by atoms with van der Waals surface area (Å²) in [5, 5.41) is 3.83. The smallest absolute Gasteiger partial charge is 0.326 e. The summed E-state index contributed by atoms with van der Waals surface area (Å²) in [5.41, 5.74) is 1.45. The molecule has 1 aromatic heterocycles. The van der Waals surface area contributed by atoms with E-state index < -0.39 is 17.7 Å². The van der Waals surface area contributed by atoms with E-state index in [2.05, 4.69) is 10.1 Å². The fraction of sp³-hybridized carbons (Fsp3) is 0.105. The van der Waals surface area contributed by atoms with Crippen molar-refractivity contribution in [2.24, 2.45) is 0 Å². The largest absolute Gasteiger partial charge is 0.454 e. The van der Waals surface area contributed by atoms with Gasteiger partial charge in [-0.1, -0.05) is 47.6 Å². The van der Waals surface area contributed by atoms with Crippen molar-refractivity contribution in [2.45, 2.75) is 6.61 Å². The topological polar surface area (TPSA) is 103 Å². The number of esters is 1. The number of anilines is 1. The Labute approximate surface area is 153 Å². The molecule has 4 rings (SSSR count). The van der Waals surface area contributed by atoms with Gasteiger partial charge in [-0.15, -0.1) is 0 Å². The minimum Gasteiger partial charge on any atom is -0.454 e. The molecule has 0 saturated carbocycles. The van der Waals surface area contributed by atoms with Gasteiger partial charge in [0.15, 0.2) is 6.61 Å². The molecule has 1 amide bonds. The number of hydrogen-bond acceptors (Lipinski definition) is 7. The number of Topliss-reactive ketones (excluding diaryl/α,β-unsaturated/α-hetero) is 1.